The van der Waals surface area contributed by atoms with E-state index in [1.807, 2.05) is 20.8 Å². The molecule has 2 aliphatic heterocycles. The lowest BCUT2D eigenvalue weighted by atomic mass is 10.1. The Kier molecular flexibility index (Phi) is 9.20. The van der Waals surface area contributed by atoms with Gasteiger partial charge in [0.1, 0.15) is 17.4 Å². The van der Waals surface area contributed by atoms with Gasteiger partial charge in [-0.15, -0.1) is 0 Å². The second kappa shape index (κ2) is 11.4. The number of carbonyl (C=O) groups is 1. The predicted molar refractivity (Wildman–Crippen MR) is 113 cm³/mol. The van der Waals surface area contributed by atoms with Gasteiger partial charge in [0, 0.05) is 18.2 Å². The average Bonchev–Trinajstić information content (AvgIpc) is 3.13. The Bertz CT molecular complexity index is 699. The Balaban J connectivity index is 1.79. The zero-order valence-corrected chi connectivity index (χ0v) is 18.1. The molecule has 3 N–H and O–H groups in total. The summed E-state index contributed by atoms with van der Waals surface area (Å²) < 4.78 is 26.6. The summed E-state index contributed by atoms with van der Waals surface area (Å²) in [4.78, 5) is 12.1. The quantitative estimate of drug-likeness (QED) is 0.248. The van der Waals surface area contributed by atoms with Gasteiger partial charge in [-0.3, -0.25) is 4.79 Å². The summed E-state index contributed by atoms with van der Waals surface area (Å²) >= 11 is 6.12. The van der Waals surface area contributed by atoms with Gasteiger partial charge in [-0.2, -0.15) is 0 Å². The minimum Gasteiger partial charge on any atom is -0.482 e. The Hall–Kier alpha value is -1.83. The third-order valence-corrected chi connectivity index (χ3v) is 4.34. The van der Waals surface area contributed by atoms with E-state index in [0.717, 1.165) is 25.9 Å². The highest BCUT2D eigenvalue weighted by atomic mass is 35.5. The summed E-state index contributed by atoms with van der Waals surface area (Å²) in [6.45, 7) is 7.27. The van der Waals surface area contributed by atoms with Crippen molar-refractivity contribution in [2.24, 2.45) is 5.73 Å². The van der Waals surface area contributed by atoms with Crippen LogP contribution in [0.1, 0.15) is 40.0 Å². The molecule has 1 unspecified atom stereocenters. The molecule has 9 heteroatoms. The van der Waals surface area contributed by atoms with Crippen LogP contribution in [-0.2, 0) is 23.7 Å². The number of rotatable bonds is 9. The number of hydrogen-bond acceptors (Lipinski definition) is 6. The zero-order valence-electron chi connectivity index (χ0n) is 17.3. The molecule has 2 aliphatic rings. The molecule has 1 saturated heterocycles. The van der Waals surface area contributed by atoms with Gasteiger partial charge in [-0.05, 0) is 44.7 Å². The van der Waals surface area contributed by atoms with Crippen LogP contribution in [0.3, 0.4) is 0 Å². The molecule has 8 nitrogen and oxygen atoms in total. The van der Waals surface area contributed by atoms with Crippen molar-refractivity contribution in [3.05, 3.63) is 22.9 Å². The van der Waals surface area contributed by atoms with Crippen LogP contribution in [0.4, 0.5) is 0 Å². The van der Waals surface area contributed by atoms with Crippen molar-refractivity contribution in [2.75, 3.05) is 33.0 Å². The Morgan fingerprint density at radius 3 is 2.79 bits per heavy atom. The van der Waals surface area contributed by atoms with E-state index in [0.29, 0.717) is 24.8 Å². The molecule has 29 heavy (non-hydrogen) atoms. The molecule has 0 aromatic heterocycles. The van der Waals surface area contributed by atoms with E-state index >= 15 is 0 Å². The van der Waals surface area contributed by atoms with E-state index in [2.05, 4.69) is 9.98 Å². The van der Waals surface area contributed by atoms with Gasteiger partial charge >= 0.3 is 11.6 Å². The van der Waals surface area contributed by atoms with Crippen molar-refractivity contribution in [3.8, 4) is 0 Å². The van der Waals surface area contributed by atoms with Crippen molar-refractivity contribution >= 4 is 29.1 Å². The van der Waals surface area contributed by atoms with Crippen molar-refractivity contribution in [1.29, 1.82) is 0 Å². The summed E-state index contributed by atoms with van der Waals surface area (Å²) in [5, 5.41) is 2.71. The van der Waals surface area contributed by atoms with Gasteiger partial charge in [0.15, 0.2) is 12.9 Å². The normalized spacial score (nSPS) is 20.0. The summed E-state index contributed by atoms with van der Waals surface area (Å²) in [5.74, 6) is 0.257. The van der Waals surface area contributed by atoms with Crippen LogP contribution in [0.2, 0.25) is 0 Å². The van der Waals surface area contributed by atoms with E-state index in [-0.39, 0.29) is 30.2 Å². The summed E-state index contributed by atoms with van der Waals surface area (Å²) in [6.07, 6.45) is 6.52. The van der Waals surface area contributed by atoms with Gasteiger partial charge in [-0.25, -0.2) is 0 Å². The Labute approximate surface area is 176 Å². The first-order valence-electron chi connectivity index (χ1n) is 9.81. The summed E-state index contributed by atoms with van der Waals surface area (Å²) in [7, 11) is 0. The van der Waals surface area contributed by atoms with Crippen LogP contribution < -0.4 is 15.7 Å². The smallest absolute Gasteiger partial charge is 0.482 e. The zero-order chi connectivity index (χ0) is 21.3. The second-order valence-electron chi connectivity index (χ2n) is 7.72. The molecule has 1 atom stereocenters. The molecular formula is C20H31ClN3O5+. The second-order valence-corrected chi connectivity index (χ2v) is 8.10. The van der Waals surface area contributed by atoms with Gasteiger partial charge in [0.05, 0.1) is 19.2 Å². The maximum atomic E-state index is 12.1. The van der Waals surface area contributed by atoms with Crippen LogP contribution in [0.15, 0.2) is 22.9 Å². The largest absolute Gasteiger partial charge is 0.488 e. The predicted octanol–water partition coefficient (Wildman–Crippen LogP) is 1.36. The molecule has 0 aliphatic carbocycles. The van der Waals surface area contributed by atoms with Crippen molar-refractivity contribution < 1.29 is 23.7 Å². The fourth-order valence-electron chi connectivity index (χ4n) is 2.61. The van der Waals surface area contributed by atoms with Crippen LogP contribution in [0, 0.1) is 0 Å². The molecule has 0 saturated carbocycles. The highest BCUT2D eigenvalue weighted by Crippen LogP contribution is 2.14. The SMILES string of the molecule is CC(C)(C)NC(=O)/C(Cl)=C(\CN)OCC1=[N+]=C(OCCOC2CCCCO2)C=C1. The molecule has 0 spiro atoms. The van der Waals surface area contributed by atoms with Gasteiger partial charge in [-0.1, -0.05) is 11.6 Å². The molecule has 0 aromatic rings. The number of nitrogens with one attached hydrogen (secondary N) is 1. The molecule has 1 fully saturated rings. The number of nitrogens with zero attached hydrogens (tertiary/aromatic N) is 1. The van der Waals surface area contributed by atoms with Crippen molar-refractivity contribution in [3.63, 3.8) is 0 Å². The maximum Gasteiger partial charge on any atom is 0.488 e. The lowest BCUT2D eigenvalue weighted by molar-refractivity contribution is -0.165. The van der Waals surface area contributed by atoms with E-state index < -0.39 is 11.4 Å². The summed E-state index contributed by atoms with van der Waals surface area (Å²) in [5.41, 5.74) is 5.90. The van der Waals surface area contributed by atoms with Crippen LogP contribution in [-0.4, -0.2) is 62.3 Å². The minimum atomic E-state index is -0.430. The van der Waals surface area contributed by atoms with E-state index in [9.17, 15) is 4.79 Å². The van der Waals surface area contributed by atoms with Crippen LogP contribution in [0.5, 0.6) is 0 Å². The monoisotopic (exact) mass is 428 g/mol. The molecule has 0 aromatic carbocycles. The molecule has 2 heterocycles. The summed E-state index contributed by atoms with van der Waals surface area (Å²) in [6, 6.07) is 0. The van der Waals surface area contributed by atoms with E-state index in [1.54, 1.807) is 12.2 Å². The molecule has 1 amide bonds. The van der Waals surface area contributed by atoms with Crippen LogP contribution in [0.25, 0.3) is 0 Å². The van der Waals surface area contributed by atoms with Crippen LogP contribution >= 0.6 is 11.6 Å². The number of halogens is 1. The first kappa shape index (κ1) is 23.4. The number of carbonyl (C=O) groups excluding carboxylic acids is 1. The fraction of sp³-hybridized carbons (Fsp3) is 0.650. The molecule has 0 radical (unpaired) electrons. The molecular weight excluding hydrogens is 398 g/mol. The van der Waals surface area contributed by atoms with Gasteiger partial charge in [0.2, 0.25) is 0 Å². The average molecular weight is 429 g/mol. The number of amides is 1. The number of hydrogen-bond donors (Lipinski definition) is 2. The molecule has 0 bridgehead atoms. The third kappa shape index (κ3) is 8.60. The fourth-order valence-corrected chi connectivity index (χ4v) is 2.79. The first-order chi connectivity index (χ1) is 13.8. The lowest BCUT2D eigenvalue weighted by Gasteiger charge is -2.22. The topological polar surface area (TPSA) is 106 Å². The maximum absolute atomic E-state index is 12.1. The van der Waals surface area contributed by atoms with E-state index in [4.69, 9.17) is 36.3 Å². The third-order valence-electron chi connectivity index (χ3n) is 3.96. The lowest BCUT2D eigenvalue weighted by Crippen LogP contribution is -2.41. The first-order valence-corrected chi connectivity index (χ1v) is 10.2. The molecule has 162 valence electrons. The standard InChI is InChI=1S/C20H30ClN3O5/c1-20(2,3)24-19(25)18(21)15(12-22)29-13-14-7-8-16(23-14)26-10-11-28-17-6-4-5-9-27-17/h7-8,17H,4-6,9-13,22H2,1-3H3/p+1/b18-15-. The number of ether oxygens (including phenoxy) is 4. The highest BCUT2D eigenvalue weighted by molar-refractivity contribution is 6.42. The van der Waals surface area contributed by atoms with E-state index in [1.165, 1.54) is 0 Å². The highest BCUT2D eigenvalue weighted by Gasteiger charge is 2.23. The van der Waals surface area contributed by atoms with Crippen molar-refractivity contribution in [2.45, 2.75) is 51.9 Å². The Morgan fingerprint density at radius 2 is 2.14 bits per heavy atom. The Morgan fingerprint density at radius 1 is 1.34 bits per heavy atom. The van der Waals surface area contributed by atoms with Crippen molar-refractivity contribution in [1.82, 2.24) is 9.98 Å². The molecule has 2 rings (SSSR count). The number of nitrogens with two attached hydrogens (primary N) is 1. The van der Waals surface area contributed by atoms with Gasteiger partial charge < -0.3 is 30.0 Å². The minimum absolute atomic E-state index is 0.00103. The van der Waals surface area contributed by atoms with Gasteiger partial charge in [0.25, 0.3) is 5.91 Å².